The van der Waals surface area contributed by atoms with Crippen LogP contribution in [-0.4, -0.2) is 39.9 Å². The van der Waals surface area contributed by atoms with Gasteiger partial charge in [-0.1, -0.05) is 0 Å². The Bertz CT molecular complexity index is 607. The van der Waals surface area contributed by atoms with Crippen molar-refractivity contribution in [1.29, 1.82) is 0 Å². The molecule has 0 aliphatic heterocycles. The molecule has 0 saturated carbocycles. The van der Waals surface area contributed by atoms with Gasteiger partial charge < -0.3 is 5.73 Å². The molecule has 0 bridgehead atoms. The maximum absolute atomic E-state index is 12.2. The summed E-state index contributed by atoms with van der Waals surface area (Å²) in [6, 6.07) is 2.85. The van der Waals surface area contributed by atoms with Crippen molar-refractivity contribution in [3.05, 3.63) is 30.5 Å². The molecule has 0 saturated heterocycles. The molecule has 0 atom stereocenters. The number of sulfonamides is 1. The maximum Gasteiger partial charge on any atom is 0.244 e. The van der Waals surface area contributed by atoms with Crippen LogP contribution < -0.4 is 5.73 Å². The van der Waals surface area contributed by atoms with E-state index in [0.717, 1.165) is 4.31 Å². The summed E-state index contributed by atoms with van der Waals surface area (Å²) in [4.78, 5) is 7.71. The van der Waals surface area contributed by atoms with Crippen LogP contribution in [0.25, 0.3) is 0 Å². The molecular weight excluding hydrogens is 256 g/mol. The molecule has 0 aliphatic carbocycles. The summed E-state index contributed by atoms with van der Waals surface area (Å²) in [5, 5.41) is 6.25. The first-order chi connectivity index (χ1) is 8.50. The predicted molar refractivity (Wildman–Crippen MR) is 63.7 cm³/mol. The van der Waals surface area contributed by atoms with Crippen LogP contribution in [-0.2, 0) is 16.6 Å². The van der Waals surface area contributed by atoms with Crippen LogP contribution in [0.5, 0.6) is 0 Å². The SMILES string of the molecule is CN(Cc1ncn[nH]1)S(=O)(=O)c1ccc(N)nc1. The van der Waals surface area contributed by atoms with E-state index >= 15 is 0 Å². The summed E-state index contributed by atoms with van der Waals surface area (Å²) in [5.74, 6) is 0.733. The number of hydrogen-bond acceptors (Lipinski definition) is 6. The summed E-state index contributed by atoms with van der Waals surface area (Å²) < 4.78 is 25.5. The van der Waals surface area contributed by atoms with Gasteiger partial charge in [0, 0.05) is 13.2 Å². The van der Waals surface area contributed by atoms with Crippen molar-refractivity contribution in [2.24, 2.45) is 0 Å². The van der Waals surface area contributed by atoms with E-state index in [1.165, 1.54) is 31.7 Å². The highest BCUT2D eigenvalue weighted by molar-refractivity contribution is 7.89. The van der Waals surface area contributed by atoms with Crippen LogP contribution in [0.15, 0.2) is 29.6 Å². The first-order valence-electron chi connectivity index (χ1n) is 5.02. The smallest absolute Gasteiger partial charge is 0.244 e. The van der Waals surface area contributed by atoms with Gasteiger partial charge in [-0.05, 0) is 12.1 Å². The highest BCUT2D eigenvalue weighted by atomic mass is 32.2. The highest BCUT2D eigenvalue weighted by Crippen LogP contribution is 2.15. The van der Waals surface area contributed by atoms with E-state index < -0.39 is 10.0 Å². The zero-order valence-corrected chi connectivity index (χ0v) is 10.4. The fourth-order valence-corrected chi connectivity index (χ4v) is 2.41. The molecule has 0 spiro atoms. The minimum atomic E-state index is -3.60. The van der Waals surface area contributed by atoms with Gasteiger partial charge in [0.15, 0.2) is 0 Å². The third-order valence-corrected chi connectivity index (χ3v) is 4.09. The van der Waals surface area contributed by atoms with E-state index in [1.807, 2.05) is 0 Å². The molecule has 2 heterocycles. The number of nitrogens with one attached hydrogen (secondary N) is 1. The Kier molecular flexibility index (Phi) is 3.26. The molecule has 0 aliphatic rings. The molecule has 8 nitrogen and oxygen atoms in total. The fraction of sp³-hybridized carbons (Fsp3) is 0.222. The number of anilines is 1. The lowest BCUT2D eigenvalue weighted by Crippen LogP contribution is -2.27. The topological polar surface area (TPSA) is 118 Å². The zero-order chi connectivity index (χ0) is 13.2. The average molecular weight is 268 g/mol. The molecule has 18 heavy (non-hydrogen) atoms. The van der Waals surface area contributed by atoms with Gasteiger partial charge in [0.05, 0.1) is 6.54 Å². The molecule has 9 heteroatoms. The molecule has 2 aromatic heterocycles. The zero-order valence-electron chi connectivity index (χ0n) is 9.61. The third-order valence-electron chi connectivity index (χ3n) is 2.30. The van der Waals surface area contributed by atoms with E-state index in [9.17, 15) is 8.42 Å². The molecule has 0 radical (unpaired) electrons. The van der Waals surface area contributed by atoms with Gasteiger partial charge in [-0.15, -0.1) is 0 Å². The summed E-state index contributed by atoms with van der Waals surface area (Å²) >= 11 is 0. The molecular formula is C9H12N6O2S. The molecule has 96 valence electrons. The van der Waals surface area contributed by atoms with E-state index in [0.29, 0.717) is 5.82 Å². The monoisotopic (exact) mass is 268 g/mol. The lowest BCUT2D eigenvalue weighted by Gasteiger charge is -2.15. The molecule has 0 amide bonds. The van der Waals surface area contributed by atoms with Crippen molar-refractivity contribution in [3.63, 3.8) is 0 Å². The number of H-pyrrole nitrogens is 1. The van der Waals surface area contributed by atoms with Crippen molar-refractivity contribution in [1.82, 2.24) is 24.5 Å². The largest absolute Gasteiger partial charge is 0.384 e. The second kappa shape index (κ2) is 4.70. The number of aromatic amines is 1. The number of hydrogen-bond donors (Lipinski definition) is 2. The molecule has 0 unspecified atom stereocenters. The van der Waals surface area contributed by atoms with Crippen molar-refractivity contribution >= 4 is 15.8 Å². The highest BCUT2D eigenvalue weighted by Gasteiger charge is 2.21. The van der Waals surface area contributed by atoms with Crippen LogP contribution >= 0.6 is 0 Å². The Balaban J connectivity index is 2.22. The van der Waals surface area contributed by atoms with Gasteiger partial charge in [-0.2, -0.15) is 9.40 Å². The standard InChI is InChI=1S/C9H12N6O2S/c1-15(5-9-12-6-13-14-9)18(16,17)7-2-3-8(10)11-4-7/h2-4,6H,5H2,1H3,(H2,10,11)(H,12,13,14). The van der Waals surface area contributed by atoms with Crippen molar-refractivity contribution < 1.29 is 8.42 Å². The Morgan fingerprint density at radius 3 is 2.72 bits per heavy atom. The second-order valence-corrected chi connectivity index (χ2v) is 5.66. The quantitative estimate of drug-likeness (QED) is 0.779. The summed E-state index contributed by atoms with van der Waals surface area (Å²) in [5.41, 5.74) is 5.41. The van der Waals surface area contributed by atoms with Crippen molar-refractivity contribution in [3.8, 4) is 0 Å². The van der Waals surface area contributed by atoms with Gasteiger partial charge in [0.25, 0.3) is 0 Å². The molecule has 3 N–H and O–H groups in total. The second-order valence-electron chi connectivity index (χ2n) is 3.61. The maximum atomic E-state index is 12.2. The number of pyridine rings is 1. The Hall–Kier alpha value is -2.00. The minimum absolute atomic E-state index is 0.0821. The summed E-state index contributed by atoms with van der Waals surface area (Å²) in [6.45, 7) is 0.104. The van der Waals surface area contributed by atoms with Crippen LogP contribution in [0.1, 0.15) is 5.82 Å². The number of aromatic nitrogens is 4. The Morgan fingerprint density at radius 2 is 2.17 bits per heavy atom. The normalized spacial score (nSPS) is 11.9. The van der Waals surface area contributed by atoms with Crippen LogP contribution in [0.4, 0.5) is 5.82 Å². The average Bonchev–Trinajstić information content (AvgIpc) is 2.82. The van der Waals surface area contributed by atoms with Crippen LogP contribution in [0.3, 0.4) is 0 Å². The molecule has 0 aromatic carbocycles. The predicted octanol–water partition coefficient (Wildman–Crippen LogP) is -0.397. The molecule has 0 fully saturated rings. The number of nitrogens with two attached hydrogens (primary N) is 1. The van der Waals surface area contributed by atoms with Gasteiger partial charge in [0.2, 0.25) is 10.0 Å². The number of nitrogen functional groups attached to an aromatic ring is 1. The first kappa shape index (κ1) is 12.5. The van der Waals surface area contributed by atoms with E-state index in [-0.39, 0.29) is 17.3 Å². The van der Waals surface area contributed by atoms with E-state index in [1.54, 1.807) is 0 Å². The van der Waals surface area contributed by atoms with Crippen LogP contribution in [0.2, 0.25) is 0 Å². The van der Waals surface area contributed by atoms with Crippen molar-refractivity contribution in [2.45, 2.75) is 11.4 Å². The third kappa shape index (κ3) is 2.46. The summed E-state index contributed by atoms with van der Waals surface area (Å²) in [6.07, 6.45) is 2.54. The van der Waals surface area contributed by atoms with Crippen LogP contribution in [0, 0.1) is 0 Å². The molecule has 2 rings (SSSR count). The Labute approximate surface area is 104 Å². The first-order valence-corrected chi connectivity index (χ1v) is 6.46. The van der Waals surface area contributed by atoms with Gasteiger partial charge >= 0.3 is 0 Å². The van der Waals surface area contributed by atoms with Gasteiger partial charge in [-0.3, -0.25) is 5.10 Å². The van der Waals surface area contributed by atoms with E-state index in [4.69, 9.17) is 5.73 Å². The summed E-state index contributed by atoms with van der Waals surface area (Å²) in [7, 11) is -2.15. The Morgan fingerprint density at radius 1 is 1.39 bits per heavy atom. The fourth-order valence-electron chi connectivity index (χ4n) is 1.33. The lowest BCUT2D eigenvalue weighted by atomic mass is 10.5. The minimum Gasteiger partial charge on any atom is -0.384 e. The number of rotatable bonds is 4. The van der Waals surface area contributed by atoms with E-state index in [2.05, 4.69) is 20.2 Å². The van der Waals surface area contributed by atoms with Gasteiger partial charge in [-0.25, -0.2) is 18.4 Å². The van der Waals surface area contributed by atoms with Gasteiger partial charge in [0.1, 0.15) is 22.9 Å². The lowest BCUT2D eigenvalue weighted by molar-refractivity contribution is 0.457. The molecule has 2 aromatic rings. The van der Waals surface area contributed by atoms with Crippen molar-refractivity contribution in [2.75, 3.05) is 12.8 Å². The number of nitrogens with zero attached hydrogens (tertiary/aromatic N) is 4.